The Hall–Kier alpha value is -2.98. The molecule has 0 aliphatic heterocycles. The van der Waals surface area contributed by atoms with E-state index < -0.39 is 0 Å². The van der Waals surface area contributed by atoms with E-state index in [-0.39, 0.29) is 5.78 Å². The molecule has 0 amide bonds. The summed E-state index contributed by atoms with van der Waals surface area (Å²) in [4.78, 5) is 18.9. The van der Waals surface area contributed by atoms with Crippen LogP contribution in [0.5, 0.6) is 0 Å². The molecule has 4 rings (SSSR count). The summed E-state index contributed by atoms with van der Waals surface area (Å²) in [6, 6.07) is 21.3. The van der Waals surface area contributed by atoms with Gasteiger partial charge in [-0.2, -0.15) is 0 Å². The Morgan fingerprint density at radius 1 is 0.960 bits per heavy atom. The van der Waals surface area contributed by atoms with E-state index >= 15 is 0 Å². The van der Waals surface area contributed by atoms with Gasteiger partial charge in [-0.15, -0.1) is 11.3 Å². The van der Waals surface area contributed by atoms with Gasteiger partial charge in [0.25, 0.3) is 0 Å². The summed E-state index contributed by atoms with van der Waals surface area (Å²) in [6.45, 7) is 0. The number of thiophene rings is 1. The molecule has 0 aliphatic rings. The number of hydrogen-bond acceptors (Lipinski definition) is 3. The summed E-state index contributed by atoms with van der Waals surface area (Å²) >= 11 is 1.49. The van der Waals surface area contributed by atoms with E-state index in [1.807, 2.05) is 79.9 Å². The molecule has 2 aromatic carbocycles. The summed E-state index contributed by atoms with van der Waals surface area (Å²) in [6.07, 6.45) is 4.00. The number of imidazole rings is 1. The maximum Gasteiger partial charge on any atom is 0.202 e. The molecule has 0 atom stereocenters. The van der Waals surface area contributed by atoms with Crippen molar-refractivity contribution in [3.63, 3.8) is 0 Å². The van der Waals surface area contributed by atoms with Crippen LogP contribution < -0.4 is 0 Å². The fourth-order valence-electron chi connectivity index (χ4n) is 2.77. The monoisotopic (exact) mass is 344 g/mol. The molecule has 2 heterocycles. The van der Waals surface area contributed by atoms with Gasteiger partial charge < -0.3 is 4.57 Å². The number of hydrogen-bond donors (Lipinski definition) is 0. The van der Waals surface area contributed by atoms with Crippen molar-refractivity contribution in [2.24, 2.45) is 7.05 Å². The lowest BCUT2D eigenvalue weighted by atomic mass is 10.1. The number of fused-ring (bicyclic) bond motifs is 1. The highest BCUT2D eigenvalue weighted by molar-refractivity contribution is 7.15. The standard InChI is InChI=1S/C21H16N2OS/c1-23-18-10-6-5-9-17(18)22-20(23)14-12-16-11-13-19(25-16)21(24)15-7-3-2-4-8-15/h2-14H,1H3. The van der Waals surface area contributed by atoms with Gasteiger partial charge in [0, 0.05) is 17.5 Å². The van der Waals surface area contributed by atoms with Crippen LogP contribution in [0.25, 0.3) is 23.2 Å². The summed E-state index contributed by atoms with van der Waals surface area (Å²) in [5, 5.41) is 0. The molecular formula is C21H16N2OS. The molecule has 0 radical (unpaired) electrons. The summed E-state index contributed by atoms with van der Waals surface area (Å²) in [7, 11) is 2.01. The molecule has 0 spiro atoms. The van der Waals surface area contributed by atoms with Crippen LogP contribution in [0, 0.1) is 0 Å². The maximum atomic E-state index is 12.5. The highest BCUT2D eigenvalue weighted by atomic mass is 32.1. The SMILES string of the molecule is Cn1c(C=Cc2ccc(C(=O)c3ccccc3)s2)nc2ccccc21. The van der Waals surface area contributed by atoms with Crippen molar-refractivity contribution in [1.29, 1.82) is 0 Å². The Bertz CT molecular complexity index is 1070. The van der Waals surface area contributed by atoms with E-state index in [9.17, 15) is 4.79 Å². The molecule has 0 N–H and O–H groups in total. The van der Waals surface area contributed by atoms with Gasteiger partial charge in [-0.3, -0.25) is 4.79 Å². The quantitative estimate of drug-likeness (QED) is 0.486. The van der Waals surface area contributed by atoms with E-state index in [1.165, 1.54) is 11.3 Å². The first-order valence-corrected chi connectivity index (χ1v) is 8.83. The van der Waals surface area contributed by atoms with Crippen LogP contribution in [0.15, 0.2) is 66.7 Å². The van der Waals surface area contributed by atoms with Crippen LogP contribution in [-0.2, 0) is 7.05 Å². The third-order valence-corrected chi connectivity index (χ3v) is 5.15. The number of aromatic nitrogens is 2. The van der Waals surface area contributed by atoms with E-state index in [2.05, 4.69) is 15.6 Å². The normalized spacial score (nSPS) is 11.4. The van der Waals surface area contributed by atoms with Gasteiger partial charge in [0.1, 0.15) is 5.82 Å². The number of nitrogens with zero attached hydrogens (tertiary/aromatic N) is 2. The maximum absolute atomic E-state index is 12.5. The van der Waals surface area contributed by atoms with E-state index in [1.54, 1.807) is 0 Å². The van der Waals surface area contributed by atoms with Gasteiger partial charge in [0.2, 0.25) is 5.78 Å². The van der Waals surface area contributed by atoms with E-state index in [0.29, 0.717) is 0 Å². The zero-order valence-corrected chi connectivity index (χ0v) is 14.5. The highest BCUT2D eigenvalue weighted by Gasteiger charge is 2.11. The number of carbonyl (C=O) groups excluding carboxylic acids is 1. The number of para-hydroxylation sites is 2. The summed E-state index contributed by atoms with van der Waals surface area (Å²) in [5.41, 5.74) is 2.80. The Morgan fingerprint density at radius 3 is 2.52 bits per heavy atom. The Morgan fingerprint density at radius 2 is 1.72 bits per heavy atom. The molecule has 0 aliphatic carbocycles. The van der Waals surface area contributed by atoms with Crippen LogP contribution in [-0.4, -0.2) is 15.3 Å². The molecule has 25 heavy (non-hydrogen) atoms. The number of aryl methyl sites for hydroxylation is 1. The minimum absolute atomic E-state index is 0.0629. The zero-order valence-electron chi connectivity index (χ0n) is 13.7. The lowest BCUT2D eigenvalue weighted by molar-refractivity contribution is 0.104. The van der Waals surface area contributed by atoms with Gasteiger partial charge in [0.05, 0.1) is 15.9 Å². The van der Waals surface area contributed by atoms with Crippen LogP contribution >= 0.6 is 11.3 Å². The molecule has 122 valence electrons. The van der Waals surface area contributed by atoms with Crippen molar-refractivity contribution in [3.8, 4) is 0 Å². The third-order valence-electron chi connectivity index (χ3n) is 4.10. The minimum Gasteiger partial charge on any atom is -0.328 e. The molecule has 0 saturated carbocycles. The van der Waals surface area contributed by atoms with Gasteiger partial charge in [0.15, 0.2) is 0 Å². The van der Waals surface area contributed by atoms with Gasteiger partial charge in [-0.05, 0) is 36.4 Å². The predicted molar refractivity (Wildman–Crippen MR) is 104 cm³/mol. The molecule has 2 aromatic heterocycles. The van der Waals surface area contributed by atoms with Gasteiger partial charge in [-0.1, -0.05) is 42.5 Å². The summed E-state index contributed by atoms with van der Waals surface area (Å²) in [5.74, 6) is 0.957. The van der Waals surface area contributed by atoms with Crippen LogP contribution in [0.2, 0.25) is 0 Å². The largest absolute Gasteiger partial charge is 0.328 e. The average molecular weight is 344 g/mol. The van der Waals surface area contributed by atoms with Crippen molar-refractivity contribution >= 4 is 40.3 Å². The number of benzene rings is 2. The Labute approximate surface area is 149 Å². The van der Waals surface area contributed by atoms with E-state index in [0.717, 1.165) is 32.2 Å². The van der Waals surface area contributed by atoms with Crippen LogP contribution in [0.3, 0.4) is 0 Å². The first-order chi connectivity index (χ1) is 12.2. The molecule has 0 fully saturated rings. The fourth-order valence-corrected chi connectivity index (χ4v) is 3.64. The predicted octanol–water partition coefficient (Wildman–Crippen LogP) is 5.04. The molecule has 0 bridgehead atoms. The van der Waals surface area contributed by atoms with E-state index in [4.69, 9.17) is 0 Å². The molecule has 0 unspecified atom stereocenters. The topological polar surface area (TPSA) is 34.9 Å². The number of ketones is 1. The van der Waals surface area contributed by atoms with Crippen LogP contribution in [0.1, 0.15) is 25.9 Å². The fraction of sp³-hybridized carbons (Fsp3) is 0.0476. The minimum atomic E-state index is 0.0629. The lowest BCUT2D eigenvalue weighted by Gasteiger charge is -1.96. The molecular weight excluding hydrogens is 328 g/mol. The van der Waals surface area contributed by atoms with Crippen molar-refractivity contribution in [3.05, 3.63) is 87.9 Å². The first kappa shape index (κ1) is 15.5. The summed E-state index contributed by atoms with van der Waals surface area (Å²) < 4.78 is 2.06. The third kappa shape index (κ3) is 3.04. The van der Waals surface area contributed by atoms with Crippen molar-refractivity contribution in [2.75, 3.05) is 0 Å². The first-order valence-electron chi connectivity index (χ1n) is 8.01. The van der Waals surface area contributed by atoms with Crippen molar-refractivity contribution in [2.45, 2.75) is 0 Å². The van der Waals surface area contributed by atoms with Gasteiger partial charge in [-0.25, -0.2) is 4.98 Å². The molecule has 4 aromatic rings. The molecule has 0 saturated heterocycles. The lowest BCUT2D eigenvalue weighted by Crippen LogP contribution is -1.97. The van der Waals surface area contributed by atoms with Crippen molar-refractivity contribution in [1.82, 2.24) is 9.55 Å². The Balaban J connectivity index is 1.59. The second-order valence-electron chi connectivity index (χ2n) is 5.75. The zero-order chi connectivity index (χ0) is 17.2. The van der Waals surface area contributed by atoms with Crippen LogP contribution in [0.4, 0.5) is 0 Å². The number of carbonyl (C=O) groups is 1. The average Bonchev–Trinajstić information content (AvgIpc) is 3.25. The second-order valence-corrected chi connectivity index (χ2v) is 6.86. The van der Waals surface area contributed by atoms with Gasteiger partial charge >= 0.3 is 0 Å². The van der Waals surface area contributed by atoms with Crippen molar-refractivity contribution < 1.29 is 4.79 Å². The molecule has 3 nitrogen and oxygen atoms in total. The second kappa shape index (κ2) is 6.49. The Kier molecular flexibility index (Phi) is 4.04. The molecule has 4 heteroatoms. The smallest absolute Gasteiger partial charge is 0.202 e. The number of rotatable bonds is 4. The highest BCUT2D eigenvalue weighted by Crippen LogP contribution is 2.23.